The molecule has 25 heavy (non-hydrogen) atoms. The second-order valence-electron chi connectivity index (χ2n) is 5.71. The van der Waals surface area contributed by atoms with Crippen molar-refractivity contribution >= 4 is 33.3 Å². The van der Waals surface area contributed by atoms with Crippen molar-refractivity contribution in [3.63, 3.8) is 0 Å². The third kappa shape index (κ3) is 3.06. The molecule has 6 nitrogen and oxygen atoms in total. The number of hydrogen-bond acceptors (Lipinski definition) is 6. The highest BCUT2D eigenvalue weighted by Crippen LogP contribution is 2.30. The molecule has 0 fully saturated rings. The zero-order valence-electron chi connectivity index (χ0n) is 13.7. The normalized spacial score (nSPS) is 11.1. The topological polar surface area (TPSA) is 81.2 Å². The van der Waals surface area contributed by atoms with Gasteiger partial charge in [-0.05, 0) is 26.0 Å². The molecule has 0 bridgehead atoms. The maximum atomic E-state index is 12.2. The Morgan fingerprint density at radius 3 is 2.88 bits per heavy atom. The fraction of sp³-hybridized carbons (Fsp3) is 0.167. The second kappa shape index (κ2) is 6.18. The largest absolute Gasteiger partial charge is 0.454 e. The lowest BCUT2D eigenvalue weighted by Crippen LogP contribution is -2.15. The van der Waals surface area contributed by atoms with E-state index in [-0.39, 0.29) is 12.3 Å². The van der Waals surface area contributed by atoms with Gasteiger partial charge in [-0.2, -0.15) is 0 Å². The summed E-state index contributed by atoms with van der Waals surface area (Å²) in [5, 5.41) is 10.1. The molecule has 4 aromatic rings. The Morgan fingerprint density at radius 1 is 1.28 bits per heavy atom. The summed E-state index contributed by atoms with van der Waals surface area (Å²) in [5.41, 5.74) is 3.06. The Balaban J connectivity index is 1.50. The number of fused-ring (bicyclic) bond motifs is 1. The van der Waals surface area contributed by atoms with Gasteiger partial charge >= 0.3 is 0 Å². The molecule has 1 N–H and O–H groups in total. The molecule has 1 aromatic carbocycles. The monoisotopic (exact) mass is 353 g/mol. The number of carbonyl (C=O) groups is 1. The van der Waals surface area contributed by atoms with Crippen molar-refractivity contribution < 1.29 is 13.7 Å². The summed E-state index contributed by atoms with van der Waals surface area (Å²) in [5.74, 6) is 1.19. The quantitative estimate of drug-likeness (QED) is 0.590. The maximum Gasteiger partial charge on any atom is 0.230 e. The van der Waals surface area contributed by atoms with Gasteiger partial charge in [0.25, 0.3) is 0 Å². The van der Waals surface area contributed by atoms with Gasteiger partial charge in [-0.3, -0.25) is 4.79 Å². The van der Waals surface area contributed by atoms with E-state index >= 15 is 0 Å². The van der Waals surface area contributed by atoms with Gasteiger partial charge in [0.05, 0.1) is 12.1 Å². The van der Waals surface area contributed by atoms with E-state index in [1.54, 1.807) is 6.92 Å². The van der Waals surface area contributed by atoms with Crippen LogP contribution in [0.25, 0.3) is 22.4 Å². The third-order valence-electron chi connectivity index (χ3n) is 3.95. The lowest BCUT2D eigenvalue weighted by molar-refractivity contribution is -0.115. The van der Waals surface area contributed by atoms with E-state index < -0.39 is 0 Å². The molecule has 0 saturated carbocycles. The summed E-state index contributed by atoms with van der Waals surface area (Å²) in [6.07, 6.45) is 0.209. The predicted octanol–water partition coefficient (Wildman–Crippen LogP) is 4.34. The molecule has 0 atom stereocenters. The van der Waals surface area contributed by atoms with Crippen LogP contribution in [-0.4, -0.2) is 16.0 Å². The number of furan rings is 1. The third-order valence-corrected chi connectivity index (χ3v) is 4.70. The zero-order valence-corrected chi connectivity index (χ0v) is 14.5. The van der Waals surface area contributed by atoms with E-state index in [0.29, 0.717) is 22.3 Å². The molecule has 0 aliphatic carbocycles. The van der Waals surface area contributed by atoms with E-state index in [9.17, 15) is 4.79 Å². The molecule has 1 amide bonds. The number of aromatic nitrogens is 2. The standard InChI is InChI=1S/C18H15N3O3S/c1-10-13(11(2)24-21-10)8-17(22)20-18-19-14(9-25-18)16-7-12-5-3-4-6-15(12)23-16/h3-7,9H,8H2,1-2H3,(H,19,20,22). The number of nitrogens with one attached hydrogen (secondary N) is 1. The van der Waals surface area contributed by atoms with Crippen LogP contribution in [0.3, 0.4) is 0 Å². The van der Waals surface area contributed by atoms with Gasteiger partial charge in [0, 0.05) is 16.3 Å². The molecule has 0 aliphatic heterocycles. The molecule has 0 spiro atoms. The van der Waals surface area contributed by atoms with Crippen molar-refractivity contribution in [2.75, 3.05) is 5.32 Å². The van der Waals surface area contributed by atoms with Gasteiger partial charge in [0.2, 0.25) is 5.91 Å². The van der Waals surface area contributed by atoms with Crippen LogP contribution >= 0.6 is 11.3 Å². The predicted molar refractivity (Wildman–Crippen MR) is 95.6 cm³/mol. The summed E-state index contributed by atoms with van der Waals surface area (Å²) in [6.45, 7) is 3.62. The van der Waals surface area contributed by atoms with Crippen LogP contribution < -0.4 is 5.32 Å². The minimum absolute atomic E-state index is 0.153. The molecular weight excluding hydrogens is 338 g/mol. The van der Waals surface area contributed by atoms with Crippen molar-refractivity contribution in [2.24, 2.45) is 0 Å². The highest BCUT2D eigenvalue weighted by Gasteiger charge is 2.15. The van der Waals surface area contributed by atoms with Crippen molar-refractivity contribution in [1.82, 2.24) is 10.1 Å². The number of anilines is 1. The van der Waals surface area contributed by atoms with Crippen LogP contribution in [0.2, 0.25) is 0 Å². The zero-order chi connectivity index (χ0) is 17.4. The Labute approximate surface area is 147 Å². The molecule has 126 valence electrons. The van der Waals surface area contributed by atoms with E-state index in [4.69, 9.17) is 8.94 Å². The number of rotatable bonds is 4. The first-order valence-corrected chi connectivity index (χ1v) is 8.64. The minimum Gasteiger partial charge on any atom is -0.454 e. The van der Waals surface area contributed by atoms with Crippen LogP contribution in [0.1, 0.15) is 17.0 Å². The molecule has 0 unspecified atom stereocenters. The molecule has 7 heteroatoms. The van der Waals surface area contributed by atoms with E-state index in [1.165, 1.54) is 11.3 Å². The Bertz CT molecular complexity index is 1010. The highest BCUT2D eigenvalue weighted by atomic mass is 32.1. The summed E-state index contributed by atoms with van der Waals surface area (Å²) in [7, 11) is 0. The smallest absolute Gasteiger partial charge is 0.230 e. The van der Waals surface area contributed by atoms with Crippen LogP contribution in [0, 0.1) is 13.8 Å². The number of benzene rings is 1. The maximum absolute atomic E-state index is 12.2. The molecule has 3 aromatic heterocycles. The van der Waals surface area contributed by atoms with Crippen LogP contribution in [0.4, 0.5) is 5.13 Å². The van der Waals surface area contributed by atoms with Gasteiger partial charge in [-0.25, -0.2) is 4.98 Å². The van der Waals surface area contributed by atoms with E-state index in [2.05, 4.69) is 15.5 Å². The Kier molecular flexibility index (Phi) is 3.85. The number of thiazole rings is 1. The fourth-order valence-electron chi connectivity index (χ4n) is 2.63. The average molecular weight is 353 g/mol. The van der Waals surface area contributed by atoms with Gasteiger partial charge < -0.3 is 14.3 Å². The fourth-order valence-corrected chi connectivity index (χ4v) is 3.35. The van der Waals surface area contributed by atoms with Crippen LogP contribution in [0.15, 0.2) is 44.7 Å². The van der Waals surface area contributed by atoms with Crippen molar-refractivity contribution in [1.29, 1.82) is 0 Å². The average Bonchev–Trinajstić information content (AvgIpc) is 3.29. The number of hydrogen-bond donors (Lipinski definition) is 1. The number of para-hydroxylation sites is 1. The van der Waals surface area contributed by atoms with Crippen molar-refractivity contribution in [3.05, 3.63) is 52.7 Å². The number of nitrogens with zero attached hydrogens (tertiary/aromatic N) is 2. The highest BCUT2D eigenvalue weighted by molar-refractivity contribution is 7.14. The van der Waals surface area contributed by atoms with E-state index in [0.717, 1.165) is 22.2 Å². The number of amides is 1. The first kappa shape index (κ1) is 15.6. The molecular formula is C18H15N3O3S. The molecule has 4 rings (SSSR count). The first-order valence-electron chi connectivity index (χ1n) is 7.76. The van der Waals surface area contributed by atoms with Gasteiger partial charge in [-0.1, -0.05) is 23.4 Å². The van der Waals surface area contributed by atoms with Crippen LogP contribution in [-0.2, 0) is 11.2 Å². The first-order chi connectivity index (χ1) is 12.1. The number of aryl methyl sites for hydroxylation is 2. The van der Waals surface area contributed by atoms with E-state index in [1.807, 2.05) is 42.6 Å². The summed E-state index contributed by atoms with van der Waals surface area (Å²) < 4.78 is 10.9. The Morgan fingerprint density at radius 2 is 2.12 bits per heavy atom. The lowest BCUT2D eigenvalue weighted by atomic mass is 10.1. The lowest BCUT2D eigenvalue weighted by Gasteiger charge is -2.01. The molecule has 0 radical (unpaired) electrons. The van der Waals surface area contributed by atoms with Gasteiger partial charge in [-0.15, -0.1) is 11.3 Å². The van der Waals surface area contributed by atoms with Crippen molar-refractivity contribution in [3.8, 4) is 11.5 Å². The Hall–Kier alpha value is -2.93. The summed E-state index contributed by atoms with van der Waals surface area (Å²) in [4.78, 5) is 16.7. The minimum atomic E-state index is -0.153. The van der Waals surface area contributed by atoms with Crippen LogP contribution in [0.5, 0.6) is 0 Å². The van der Waals surface area contributed by atoms with Gasteiger partial charge in [0.1, 0.15) is 17.0 Å². The number of carbonyl (C=O) groups excluding carboxylic acids is 1. The van der Waals surface area contributed by atoms with Crippen molar-refractivity contribution in [2.45, 2.75) is 20.3 Å². The summed E-state index contributed by atoms with van der Waals surface area (Å²) >= 11 is 1.36. The molecule has 3 heterocycles. The summed E-state index contributed by atoms with van der Waals surface area (Å²) in [6, 6.07) is 9.73. The van der Waals surface area contributed by atoms with Gasteiger partial charge in [0.15, 0.2) is 10.9 Å². The molecule has 0 aliphatic rings. The SMILES string of the molecule is Cc1noc(C)c1CC(=O)Nc1nc(-c2cc3ccccc3o2)cs1. The molecule has 0 saturated heterocycles. The second-order valence-corrected chi connectivity index (χ2v) is 6.57.